The summed E-state index contributed by atoms with van der Waals surface area (Å²) < 4.78 is 0. The van der Waals surface area contributed by atoms with Gasteiger partial charge in [0.05, 0.1) is 16.4 Å². The van der Waals surface area contributed by atoms with E-state index in [0.29, 0.717) is 0 Å². The van der Waals surface area contributed by atoms with Crippen molar-refractivity contribution in [3.63, 3.8) is 0 Å². The highest BCUT2D eigenvalue weighted by Gasteiger charge is 2.26. The van der Waals surface area contributed by atoms with E-state index in [1.165, 1.54) is 33.4 Å². The average Bonchev–Trinajstić information content (AvgIpc) is 3.09. The molecule has 2 heterocycles. The SMILES string of the molecule is CCNC(c1csc(C(C)(C)C)n1)c1nc2c(s1)CCC2. The lowest BCUT2D eigenvalue weighted by Gasteiger charge is -2.15. The Kier molecular flexibility index (Phi) is 4.17. The fourth-order valence-corrected chi connectivity index (χ4v) is 4.79. The van der Waals surface area contributed by atoms with E-state index >= 15 is 0 Å². The number of hydrogen-bond donors (Lipinski definition) is 1. The van der Waals surface area contributed by atoms with Gasteiger partial charge in [0.1, 0.15) is 11.0 Å². The molecule has 0 amide bonds. The summed E-state index contributed by atoms with van der Waals surface area (Å²) in [5.74, 6) is 0. The summed E-state index contributed by atoms with van der Waals surface area (Å²) in [6, 6.07) is 0.151. The lowest BCUT2D eigenvalue weighted by molar-refractivity contribution is 0.569. The number of aryl methyl sites for hydroxylation is 2. The number of aromatic nitrogens is 2. The fraction of sp³-hybridized carbons (Fsp3) is 0.625. The van der Waals surface area contributed by atoms with Crippen LogP contribution in [0.4, 0.5) is 0 Å². The molecule has 0 saturated heterocycles. The lowest BCUT2D eigenvalue weighted by atomic mass is 9.98. The van der Waals surface area contributed by atoms with Gasteiger partial charge in [-0.2, -0.15) is 0 Å². The highest BCUT2D eigenvalue weighted by Crippen LogP contribution is 2.35. The Hall–Kier alpha value is -0.780. The van der Waals surface area contributed by atoms with Crippen molar-refractivity contribution in [1.82, 2.24) is 15.3 Å². The van der Waals surface area contributed by atoms with Crippen LogP contribution < -0.4 is 5.32 Å². The molecule has 1 atom stereocenters. The van der Waals surface area contributed by atoms with Crippen LogP contribution in [0.3, 0.4) is 0 Å². The Bertz CT molecular complexity index is 600. The second kappa shape index (κ2) is 5.78. The van der Waals surface area contributed by atoms with Crippen LogP contribution in [0.25, 0.3) is 0 Å². The lowest BCUT2D eigenvalue weighted by Crippen LogP contribution is -2.22. The minimum Gasteiger partial charge on any atom is -0.303 e. The number of nitrogens with zero attached hydrogens (tertiary/aromatic N) is 2. The van der Waals surface area contributed by atoms with Crippen molar-refractivity contribution in [1.29, 1.82) is 0 Å². The molecule has 1 aliphatic rings. The molecule has 0 bridgehead atoms. The van der Waals surface area contributed by atoms with Gasteiger partial charge in [-0.1, -0.05) is 27.7 Å². The summed E-state index contributed by atoms with van der Waals surface area (Å²) in [6.45, 7) is 9.73. The molecule has 5 heteroatoms. The van der Waals surface area contributed by atoms with Gasteiger partial charge < -0.3 is 5.32 Å². The van der Waals surface area contributed by atoms with E-state index in [9.17, 15) is 0 Å². The molecule has 0 saturated carbocycles. The number of nitrogens with one attached hydrogen (secondary N) is 1. The minimum atomic E-state index is 0.115. The van der Waals surface area contributed by atoms with E-state index in [0.717, 1.165) is 18.7 Å². The molecule has 21 heavy (non-hydrogen) atoms. The van der Waals surface area contributed by atoms with E-state index in [1.54, 1.807) is 11.3 Å². The molecule has 0 spiro atoms. The standard InChI is InChI=1S/C16H23N3S2/c1-5-17-13(11-9-20-15(19-11)16(2,3)4)14-18-10-7-6-8-12(10)21-14/h9,13,17H,5-8H2,1-4H3. The average molecular weight is 322 g/mol. The molecule has 2 aromatic heterocycles. The van der Waals surface area contributed by atoms with Gasteiger partial charge in [-0.25, -0.2) is 9.97 Å². The maximum Gasteiger partial charge on any atom is 0.116 e. The first-order valence-corrected chi connectivity index (χ1v) is 9.36. The van der Waals surface area contributed by atoms with E-state index in [-0.39, 0.29) is 11.5 Å². The van der Waals surface area contributed by atoms with Crippen LogP contribution in [-0.4, -0.2) is 16.5 Å². The molecule has 1 aliphatic carbocycles. The predicted molar refractivity (Wildman–Crippen MR) is 90.5 cm³/mol. The van der Waals surface area contributed by atoms with E-state index < -0.39 is 0 Å². The highest BCUT2D eigenvalue weighted by atomic mass is 32.1. The van der Waals surface area contributed by atoms with Crippen LogP contribution in [0.5, 0.6) is 0 Å². The Morgan fingerprint density at radius 2 is 2.10 bits per heavy atom. The Labute approximate surface area is 134 Å². The number of rotatable bonds is 4. The van der Waals surface area contributed by atoms with Crippen LogP contribution in [0, 0.1) is 0 Å². The van der Waals surface area contributed by atoms with Crippen molar-refractivity contribution in [2.24, 2.45) is 0 Å². The van der Waals surface area contributed by atoms with Gasteiger partial charge in [-0.15, -0.1) is 22.7 Å². The molecule has 0 radical (unpaired) electrons. The first kappa shape index (κ1) is 15.1. The summed E-state index contributed by atoms with van der Waals surface area (Å²) in [4.78, 5) is 11.2. The summed E-state index contributed by atoms with van der Waals surface area (Å²) in [5.41, 5.74) is 2.56. The minimum absolute atomic E-state index is 0.115. The zero-order chi connectivity index (χ0) is 15.0. The summed E-state index contributed by atoms with van der Waals surface area (Å²) in [7, 11) is 0. The van der Waals surface area contributed by atoms with Crippen LogP contribution in [0.1, 0.15) is 66.4 Å². The van der Waals surface area contributed by atoms with Gasteiger partial charge in [0.15, 0.2) is 0 Å². The molecule has 1 N–H and O–H groups in total. The Morgan fingerprint density at radius 3 is 2.71 bits per heavy atom. The molecule has 0 aliphatic heterocycles. The van der Waals surface area contributed by atoms with E-state index in [4.69, 9.17) is 9.97 Å². The first-order chi connectivity index (χ1) is 9.99. The number of thiazole rings is 2. The van der Waals surface area contributed by atoms with Crippen molar-refractivity contribution < 1.29 is 0 Å². The summed E-state index contributed by atoms with van der Waals surface area (Å²) >= 11 is 3.63. The quantitative estimate of drug-likeness (QED) is 0.922. The molecule has 1 unspecified atom stereocenters. The molecule has 3 nitrogen and oxygen atoms in total. The van der Waals surface area contributed by atoms with Crippen LogP contribution in [-0.2, 0) is 18.3 Å². The van der Waals surface area contributed by atoms with E-state index in [1.807, 2.05) is 11.3 Å². The second-order valence-electron chi connectivity index (χ2n) is 6.59. The molecular weight excluding hydrogens is 298 g/mol. The van der Waals surface area contributed by atoms with Crippen LogP contribution in [0.2, 0.25) is 0 Å². The van der Waals surface area contributed by atoms with E-state index in [2.05, 4.69) is 38.4 Å². The maximum absolute atomic E-state index is 4.88. The van der Waals surface area contributed by atoms with Gasteiger partial charge in [-0.05, 0) is 25.8 Å². The highest BCUT2D eigenvalue weighted by molar-refractivity contribution is 7.12. The van der Waals surface area contributed by atoms with Crippen molar-refractivity contribution in [3.05, 3.63) is 31.7 Å². The number of hydrogen-bond acceptors (Lipinski definition) is 5. The third-order valence-corrected chi connectivity index (χ3v) is 6.24. The molecule has 114 valence electrons. The zero-order valence-electron chi connectivity index (χ0n) is 13.2. The molecule has 3 rings (SSSR count). The number of fused-ring (bicyclic) bond motifs is 1. The molecule has 0 fully saturated rings. The zero-order valence-corrected chi connectivity index (χ0v) is 14.8. The third kappa shape index (κ3) is 3.05. The molecule has 2 aromatic rings. The fourth-order valence-electron chi connectivity index (χ4n) is 2.62. The van der Waals surface area contributed by atoms with Gasteiger partial charge in [0.25, 0.3) is 0 Å². The summed E-state index contributed by atoms with van der Waals surface area (Å²) in [6.07, 6.45) is 3.62. The monoisotopic (exact) mass is 321 g/mol. The topological polar surface area (TPSA) is 37.8 Å². The van der Waals surface area contributed by atoms with Crippen LogP contribution in [0.15, 0.2) is 5.38 Å². The Balaban J connectivity index is 1.92. The molecule has 0 aromatic carbocycles. The largest absolute Gasteiger partial charge is 0.303 e. The van der Waals surface area contributed by atoms with Crippen molar-refractivity contribution in [2.75, 3.05) is 6.54 Å². The van der Waals surface area contributed by atoms with Crippen molar-refractivity contribution >= 4 is 22.7 Å². The van der Waals surface area contributed by atoms with Crippen molar-refractivity contribution in [3.8, 4) is 0 Å². The van der Waals surface area contributed by atoms with Gasteiger partial charge >= 0.3 is 0 Å². The normalized spacial score (nSPS) is 16.2. The summed E-state index contributed by atoms with van der Waals surface area (Å²) in [5, 5.41) is 8.14. The maximum atomic E-state index is 4.88. The smallest absolute Gasteiger partial charge is 0.116 e. The van der Waals surface area contributed by atoms with Gasteiger partial charge in [0, 0.05) is 15.7 Å². The Morgan fingerprint density at radius 1 is 1.29 bits per heavy atom. The predicted octanol–water partition coefficient (Wildman–Crippen LogP) is 4.08. The van der Waals surface area contributed by atoms with Gasteiger partial charge in [0.2, 0.25) is 0 Å². The second-order valence-corrected chi connectivity index (χ2v) is 8.57. The first-order valence-electron chi connectivity index (χ1n) is 7.66. The third-order valence-electron chi connectivity index (χ3n) is 3.73. The van der Waals surface area contributed by atoms with Gasteiger partial charge in [-0.3, -0.25) is 0 Å². The molecular formula is C16H23N3S2. The van der Waals surface area contributed by atoms with Crippen LogP contribution >= 0.6 is 22.7 Å². The van der Waals surface area contributed by atoms with Crippen molar-refractivity contribution in [2.45, 2.75) is 58.4 Å².